The van der Waals surface area contributed by atoms with E-state index in [9.17, 15) is 0 Å². The van der Waals surface area contributed by atoms with Gasteiger partial charge in [0.05, 0.1) is 0 Å². The normalized spacial score (nSPS) is 16.8. The molecule has 2 atom stereocenters. The van der Waals surface area contributed by atoms with Crippen LogP contribution in [0.5, 0.6) is 0 Å². The van der Waals surface area contributed by atoms with Gasteiger partial charge in [-0.3, -0.25) is 0 Å². The van der Waals surface area contributed by atoms with E-state index in [4.69, 9.17) is 5.73 Å². The number of rotatable bonds is 6. The summed E-state index contributed by atoms with van der Waals surface area (Å²) in [4.78, 5) is 0. The monoisotopic (exact) mass is 214 g/mol. The van der Waals surface area contributed by atoms with E-state index >= 15 is 0 Å². The van der Waals surface area contributed by atoms with Crippen molar-refractivity contribution >= 4 is 0 Å². The first-order valence-corrected chi connectivity index (χ1v) is 6.19. The molecular formula is C13H30N2. The molecule has 0 amide bonds. The van der Waals surface area contributed by atoms with Gasteiger partial charge in [0.1, 0.15) is 0 Å². The van der Waals surface area contributed by atoms with Crippen LogP contribution in [0.1, 0.15) is 41.5 Å². The molecule has 0 heterocycles. The Hall–Kier alpha value is -0.0800. The van der Waals surface area contributed by atoms with Gasteiger partial charge in [-0.25, -0.2) is 0 Å². The molecule has 0 aromatic heterocycles. The fourth-order valence-corrected chi connectivity index (χ4v) is 1.38. The largest absolute Gasteiger partial charge is 0.330 e. The second-order valence-electron chi connectivity index (χ2n) is 6.17. The van der Waals surface area contributed by atoms with Crippen LogP contribution in [0.15, 0.2) is 0 Å². The average molecular weight is 214 g/mol. The molecule has 2 nitrogen and oxygen atoms in total. The molecule has 0 aliphatic carbocycles. The highest BCUT2D eigenvalue weighted by Crippen LogP contribution is 2.24. The first kappa shape index (κ1) is 14.9. The number of nitrogens with two attached hydrogens (primary N) is 1. The molecule has 0 spiro atoms. The van der Waals surface area contributed by atoms with Crippen LogP contribution in [-0.2, 0) is 0 Å². The molecule has 0 aromatic carbocycles. The van der Waals surface area contributed by atoms with E-state index in [0.717, 1.165) is 19.6 Å². The fraction of sp³-hybridized carbons (Fsp3) is 1.00. The summed E-state index contributed by atoms with van der Waals surface area (Å²) in [7, 11) is 0. The molecule has 0 aliphatic rings. The summed E-state index contributed by atoms with van der Waals surface area (Å²) in [6, 6.07) is 0. The van der Waals surface area contributed by atoms with Gasteiger partial charge in [-0.15, -0.1) is 0 Å². The van der Waals surface area contributed by atoms with Crippen molar-refractivity contribution < 1.29 is 0 Å². The first-order valence-electron chi connectivity index (χ1n) is 6.19. The smallest absolute Gasteiger partial charge is 0.000589 e. The molecule has 0 aliphatic heterocycles. The van der Waals surface area contributed by atoms with Crippen LogP contribution in [0.2, 0.25) is 0 Å². The summed E-state index contributed by atoms with van der Waals surface area (Å²) in [5.74, 6) is 1.98. The highest BCUT2D eigenvalue weighted by molar-refractivity contribution is 4.73. The zero-order valence-corrected chi connectivity index (χ0v) is 11.4. The van der Waals surface area contributed by atoms with Crippen LogP contribution in [0.3, 0.4) is 0 Å². The van der Waals surface area contributed by atoms with E-state index < -0.39 is 0 Å². The van der Waals surface area contributed by atoms with E-state index in [2.05, 4.69) is 46.9 Å². The Balaban J connectivity index is 3.78. The summed E-state index contributed by atoms with van der Waals surface area (Å²) in [6.07, 6.45) is 0. The van der Waals surface area contributed by atoms with Gasteiger partial charge in [0, 0.05) is 0 Å². The molecule has 2 heteroatoms. The van der Waals surface area contributed by atoms with E-state index in [1.807, 2.05) is 0 Å². The van der Waals surface area contributed by atoms with Crippen molar-refractivity contribution in [3.63, 3.8) is 0 Å². The molecule has 92 valence electrons. The summed E-state index contributed by atoms with van der Waals surface area (Å²) >= 11 is 0. The average Bonchev–Trinajstić information content (AvgIpc) is 2.09. The van der Waals surface area contributed by atoms with Gasteiger partial charge in [0.2, 0.25) is 0 Å². The van der Waals surface area contributed by atoms with E-state index in [1.165, 1.54) is 0 Å². The Morgan fingerprint density at radius 2 is 1.60 bits per heavy atom. The Labute approximate surface area is 96.0 Å². The van der Waals surface area contributed by atoms with Crippen LogP contribution in [0.25, 0.3) is 0 Å². The minimum atomic E-state index is 0.392. The molecule has 0 radical (unpaired) electrons. The van der Waals surface area contributed by atoms with E-state index in [1.54, 1.807) is 0 Å². The minimum absolute atomic E-state index is 0.392. The molecular weight excluding hydrogens is 184 g/mol. The Morgan fingerprint density at radius 1 is 1.07 bits per heavy atom. The highest BCUT2D eigenvalue weighted by atomic mass is 14.9. The van der Waals surface area contributed by atoms with Gasteiger partial charge in [-0.05, 0) is 42.8 Å². The lowest BCUT2D eigenvalue weighted by Crippen LogP contribution is -2.36. The quantitative estimate of drug-likeness (QED) is 0.713. The second kappa shape index (κ2) is 6.49. The maximum absolute atomic E-state index is 5.74. The van der Waals surface area contributed by atoms with Gasteiger partial charge >= 0.3 is 0 Å². The van der Waals surface area contributed by atoms with Crippen LogP contribution in [0.4, 0.5) is 0 Å². The van der Waals surface area contributed by atoms with Crippen molar-refractivity contribution in [3.05, 3.63) is 0 Å². The summed E-state index contributed by atoms with van der Waals surface area (Å²) < 4.78 is 0. The lowest BCUT2D eigenvalue weighted by molar-refractivity contribution is 0.244. The van der Waals surface area contributed by atoms with Gasteiger partial charge in [0.15, 0.2) is 0 Å². The summed E-state index contributed by atoms with van der Waals surface area (Å²) in [5, 5.41) is 3.54. The minimum Gasteiger partial charge on any atom is -0.330 e. The zero-order valence-electron chi connectivity index (χ0n) is 11.4. The third-order valence-corrected chi connectivity index (χ3v) is 3.58. The summed E-state index contributed by atoms with van der Waals surface area (Å²) in [6.45, 7) is 16.6. The molecule has 0 rings (SSSR count). The van der Waals surface area contributed by atoms with Crippen LogP contribution < -0.4 is 11.1 Å². The van der Waals surface area contributed by atoms with Crippen molar-refractivity contribution in [3.8, 4) is 0 Å². The van der Waals surface area contributed by atoms with Crippen molar-refractivity contribution in [2.24, 2.45) is 28.9 Å². The SMILES string of the molecule is CC(C)C(CN)CNCC(C)C(C)(C)C. The molecule has 0 bridgehead atoms. The van der Waals surface area contributed by atoms with Gasteiger partial charge in [0.25, 0.3) is 0 Å². The van der Waals surface area contributed by atoms with Gasteiger partial charge in [-0.1, -0.05) is 41.5 Å². The van der Waals surface area contributed by atoms with Crippen LogP contribution in [0, 0.1) is 23.2 Å². The molecule has 0 saturated carbocycles. The maximum Gasteiger partial charge on any atom is -0.000589 e. The topological polar surface area (TPSA) is 38.0 Å². The third kappa shape index (κ3) is 6.16. The summed E-state index contributed by atoms with van der Waals surface area (Å²) in [5.41, 5.74) is 6.13. The van der Waals surface area contributed by atoms with Crippen LogP contribution >= 0.6 is 0 Å². The van der Waals surface area contributed by atoms with Crippen LogP contribution in [-0.4, -0.2) is 19.6 Å². The fourth-order valence-electron chi connectivity index (χ4n) is 1.38. The molecule has 0 aromatic rings. The Kier molecular flexibility index (Phi) is 6.46. The van der Waals surface area contributed by atoms with E-state index in [0.29, 0.717) is 23.2 Å². The van der Waals surface area contributed by atoms with Gasteiger partial charge in [-0.2, -0.15) is 0 Å². The zero-order chi connectivity index (χ0) is 12.1. The van der Waals surface area contributed by atoms with Crippen molar-refractivity contribution in [2.45, 2.75) is 41.5 Å². The number of nitrogens with one attached hydrogen (secondary N) is 1. The van der Waals surface area contributed by atoms with E-state index in [-0.39, 0.29) is 0 Å². The Morgan fingerprint density at radius 3 is 1.93 bits per heavy atom. The Bertz CT molecular complexity index is 156. The van der Waals surface area contributed by atoms with Crippen molar-refractivity contribution in [1.82, 2.24) is 5.32 Å². The maximum atomic E-state index is 5.74. The molecule has 0 fully saturated rings. The lowest BCUT2D eigenvalue weighted by atomic mass is 9.82. The number of hydrogen-bond acceptors (Lipinski definition) is 2. The molecule has 0 saturated heterocycles. The molecule has 15 heavy (non-hydrogen) atoms. The predicted molar refractivity (Wildman–Crippen MR) is 68.9 cm³/mol. The van der Waals surface area contributed by atoms with Crippen molar-refractivity contribution in [2.75, 3.05) is 19.6 Å². The molecule has 2 unspecified atom stereocenters. The highest BCUT2D eigenvalue weighted by Gasteiger charge is 2.20. The van der Waals surface area contributed by atoms with Crippen molar-refractivity contribution in [1.29, 1.82) is 0 Å². The van der Waals surface area contributed by atoms with Gasteiger partial charge < -0.3 is 11.1 Å². The first-order chi connectivity index (χ1) is 6.79. The third-order valence-electron chi connectivity index (χ3n) is 3.58. The second-order valence-corrected chi connectivity index (χ2v) is 6.17. The number of hydrogen-bond donors (Lipinski definition) is 2. The predicted octanol–water partition coefficient (Wildman–Crippen LogP) is 2.49. The molecule has 3 N–H and O–H groups in total. The lowest BCUT2D eigenvalue weighted by Gasteiger charge is -2.28. The standard InChI is InChI=1S/C13H30N2/c1-10(2)12(7-14)9-15-8-11(3)13(4,5)6/h10-12,15H,7-9,14H2,1-6H3.